The Balaban J connectivity index is 3.20. The van der Waals surface area contributed by atoms with Gasteiger partial charge in [-0.15, -0.1) is 5.54 Å². The molecule has 0 radical (unpaired) electrons. The van der Waals surface area contributed by atoms with Gasteiger partial charge in [0, 0.05) is 9.13 Å². The van der Waals surface area contributed by atoms with Crippen molar-refractivity contribution < 1.29 is 0 Å². The zero-order valence-corrected chi connectivity index (χ0v) is 14.8. The van der Waals surface area contributed by atoms with Gasteiger partial charge >= 0.3 is 0 Å². The van der Waals surface area contributed by atoms with E-state index in [0.717, 1.165) is 0 Å². The van der Waals surface area contributed by atoms with Gasteiger partial charge in [0.2, 0.25) is 0 Å². The van der Waals surface area contributed by atoms with Crippen LogP contribution in [0.3, 0.4) is 0 Å². The second-order valence-electron chi connectivity index (χ2n) is 6.44. The molecular formula is C15H21ISi. The maximum absolute atomic E-state index is 3.44. The highest BCUT2D eigenvalue weighted by Gasteiger charge is 2.14. The van der Waals surface area contributed by atoms with E-state index in [9.17, 15) is 0 Å². The highest BCUT2D eigenvalue weighted by atomic mass is 127. The van der Waals surface area contributed by atoms with E-state index in [1.165, 1.54) is 14.7 Å². The third-order valence-electron chi connectivity index (χ3n) is 2.40. The summed E-state index contributed by atoms with van der Waals surface area (Å²) in [6.07, 6.45) is 0. The minimum Gasteiger partial charge on any atom is -0.127 e. The van der Waals surface area contributed by atoms with Crippen molar-refractivity contribution >= 4 is 30.7 Å². The van der Waals surface area contributed by atoms with Gasteiger partial charge < -0.3 is 0 Å². The molecule has 0 spiro atoms. The van der Waals surface area contributed by atoms with Crippen LogP contribution in [-0.4, -0.2) is 8.07 Å². The summed E-state index contributed by atoms with van der Waals surface area (Å²) in [5, 5.41) is 0. The van der Waals surface area contributed by atoms with E-state index in [4.69, 9.17) is 0 Å². The van der Waals surface area contributed by atoms with E-state index in [-0.39, 0.29) is 5.41 Å². The summed E-state index contributed by atoms with van der Waals surface area (Å²) < 4.78 is 1.25. The Kier molecular flexibility index (Phi) is 4.48. The predicted octanol–water partition coefficient (Wildman–Crippen LogP) is 4.82. The minimum absolute atomic E-state index is 0.194. The standard InChI is InChI=1S/C15H21ISi/c1-15(2,3)13-7-8-14(16)12(11-13)9-10-17(4,5)6/h7-8,11H,1-6H3. The molecule has 0 aliphatic heterocycles. The first-order valence-corrected chi connectivity index (χ1v) is 10.5. The van der Waals surface area contributed by atoms with Crippen LogP contribution in [0.1, 0.15) is 31.9 Å². The monoisotopic (exact) mass is 356 g/mol. The molecule has 0 heterocycles. The first kappa shape index (κ1) is 14.8. The fourth-order valence-corrected chi connectivity index (χ4v) is 2.32. The fourth-order valence-electron chi connectivity index (χ4n) is 1.34. The smallest absolute Gasteiger partial charge is 0.127 e. The number of hydrogen-bond donors (Lipinski definition) is 0. The van der Waals surface area contributed by atoms with Gasteiger partial charge in [0.25, 0.3) is 0 Å². The first-order chi connectivity index (χ1) is 7.59. The molecule has 0 atom stereocenters. The average Bonchev–Trinajstić information content (AvgIpc) is 2.13. The summed E-state index contributed by atoms with van der Waals surface area (Å²) in [5.41, 5.74) is 6.18. The molecule has 0 saturated heterocycles. The molecule has 0 saturated carbocycles. The van der Waals surface area contributed by atoms with Crippen LogP contribution in [0.2, 0.25) is 19.6 Å². The molecule has 0 unspecified atom stereocenters. The van der Waals surface area contributed by atoms with E-state index < -0.39 is 8.07 Å². The minimum atomic E-state index is -1.29. The molecule has 0 nitrogen and oxygen atoms in total. The Labute approximate surface area is 120 Å². The Hall–Kier alpha value is -0.273. The Morgan fingerprint density at radius 1 is 1.12 bits per heavy atom. The van der Waals surface area contributed by atoms with Gasteiger partial charge in [-0.3, -0.25) is 0 Å². The second kappa shape index (κ2) is 5.15. The lowest BCUT2D eigenvalue weighted by Crippen LogP contribution is -2.16. The van der Waals surface area contributed by atoms with Crippen LogP contribution in [0, 0.1) is 15.0 Å². The highest BCUT2D eigenvalue weighted by Crippen LogP contribution is 2.25. The third kappa shape index (κ3) is 4.85. The molecule has 17 heavy (non-hydrogen) atoms. The van der Waals surface area contributed by atoms with Gasteiger partial charge in [-0.05, 0) is 45.7 Å². The lowest BCUT2D eigenvalue weighted by molar-refractivity contribution is 0.590. The van der Waals surface area contributed by atoms with Gasteiger partial charge in [0.1, 0.15) is 8.07 Å². The van der Waals surface area contributed by atoms with Crippen LogP contribution < -0.4 is 0 Å². The van der Waals surface area contributed by atoms with Crippen molar-refractivity contribution in [2.45, 2.75) is 45.8 Å². The Morgan fingerprint density at radius 2 is 1.71 bits per heavy atom. The van der Waals surface area contributed by atoms with Gasteiger partial charge in [-0.1, -0.05) is 52.4 Å². The highest BCUT2D eigenvalue weighted by molar-refractivity contribution is 14.1. The lowest BCUT2D eigenvalue weighted by atomic mass is 9.86. The van der Waals surface area contributed by atoms with E-state index in [0.29, 0.717) is 0 Å². The molecule has 92 valence electrons. The molecule has 1 rings (SSSR count). The summed E-state index contributed by atoms with van der Waals surface area (Å²) in [5.74, 6) is 3.37. The van der Waals surface area contributed by atoms with Crippen LogP contribution >= 0.6 is 22.6 Å². The van der Waals surface area contributed by atoms with Crippen molar-refractivity contribution in [1.82, 2.24) is 0 Å². The fraction of sp³-hybridized carbons (Fsp3) is 0.467. The molecule has 0 aromatic heterocycles. The molecule has 0 bridgehead atoms. The predicted molar refractivity (Wildman–Crippen MR) is 88.1 cm³/mol. The zero-order valence-electron chi connectivity index (χ0n) is 11.6. The summed E-state index contributed by atoms with van der Waals surface area (Å²) >= 11 is 2.37. The molecular weight excluding hydrogens is 335 g/mol. The summed E-state index contributed by atoms with van der Waals surface area (Å²) in [7, 11) is -1.29. The van der Waals surface area contributed by atoms with Crippen LogP contribution in [0.4, 0.5) is 0 Å². The second-order valence-corrected chi connectivity index (χ2v) is 12.4. The van der Waals surface area contributed by atoms with Gasteiger partial charge in [-0.2, -0.15) is 0 Å². The van der Waals surface area contributed by atoms with Crippen molar-refractivity contribution in [1.29, 1.82) is 0 Å². The SMILES string of the molecule is CC(C)(C)c1ccc(I)c(C#C[Si](C)(C)C)c1. The maximum Gasteiger partial charge on any atom is 0.129 e. The topological polar surface area (TPSA) is 0 Å². The molecule has 1 aromatic carbocycles. The third-order valence-corrected chi connectivity index (χ3v) is 4.22. The van der Waals surface area contributed by atoms with Crippen molar-refractivity contribution in [2.24, 2.45) is 0 Å². The molecule has 0 aliphatic rings. The number of hydrogen-bond acceptors (Lipinski definition) is 0. The first-order valence-electron chi connectivity index (χ1n) is 5.93. The van der Waals surface area contributed by atoms with E-state index in [2.05, 4.69) is 92.7 Å². The van der Waals surface area contributed by atoms with Crippen LogP contribution in [-0.2, 0) is 5.41 Å². The molecule has 0 amide bonds. The molecule has 1 aromatic rings. The summed E-state index contributed by atoms with van der Waals surface area (Å²) in [6, 6.07) is 6.63. The average molecular weight is 356 g/mol. The van der Waals surface area contributed by atoms with Crippen molar-refractivity contribution in [3.8, 4) is 11.5 Å². The summed E-state index contributed by atoms with van der Waals surface area (Å²) in [4.78, 5) is 0. The molecule has 0 N–H and O–H groups in total. The maximum atomic E-state index is 3.44. The largest absolute Gasteiger partial charge is 0.129 e. The van der Waals surface area contributed by atoms with Crippen LogP contribution in [0.5, 0.6) is 0 Å². The van der Waals surface area contributed by atoms with Crippen LogP contribution in [0.25, 0.3) is 0 Å². The quantitative estimate of drug-likeness (QED) is 0.355. The number of halogens is 1. The molecule has 2 heteroatoms. The van der Waals surface area contributed by atoms with Crippen molar-refractivity contribution in [3.05, 3.63) is 32.9 Å². The lowest BCUT2D eigenvalue weighted by Gasteiger charge is -2.19. The van der Waals surface area contributed by atoms with Crippen molar-refractivity contribution in [2.75, 3.05) is 0 Å². The van der Waals surface area contributed by atoms with E-state index in [1.54, 1.807) is 0 Å². The Morgan fingerprint density at radius 3 is 2.18 bits per heavy atom. The van der Waals surface area contributed by atoms with Gasteiger partial charge in [0.05, 0.1) is 0 Å². The molecule has 0 aliphatic carbocycles. The normalized spacial score (nSPS) is 11.9. The van der Waals surface area contributed by atoms with E-state index >= 15 is 0 Å². The van der Waals surface area contributed by atoms with Crippen molar-refractivity contribution in [3.63, 3.8) is 0 Å². The zero-order chi connectivity index (χ0) is 13.3. The van der Waals surface area contributed by atoms with Crippen LogP contribution in [0.15, 0.2) is 18.2 Å². The number of benzene rings is 1. The van der Waals surface area contributed by atoms with Gasteiger partial charge in [-0.25, -0.2) is 0 Å². The summed E-state index contributed by atoms with van der Waals surface area (Å²) in [6.45, 7) is 13.6. The van der Waals surface area contributed by atoms with E-state index in [1.807, 2.05) is 0 Å². The Bertz CT molecular complexity index is 464. The molecule has 0 fully saturated rings. The number of rotatable bonds is 0. The van der Waals surface area contributed by atoms with Gasteiger partial charge in [0.15, 0.2) is 0 Å².